The first-order valence-corrected chi connectivity index (χ1v) is 12.1. The van der Waals surface area contributed by atoms with Crippen LogP contribution in [0.25, 0.3) is 10.9 Å². The molecule has 1 fully saturated rings. The molecule has 32 heavy (non-hydrogen) atoms. The Balaban J connectivity index is 1.65. The molecule has 0 radical (unpaired) electrons. The topological polar surface area (TPSA) is 73.2 Å². The summed E-state index contributed by atoms with van der Waals surface area (Å²) in [5.74, 6) is 0.604. The van der Waals surface area contributed by atoms with Crippen molar-refractivity contribution in [3.8, 4) is 0 Å². The Labute approximate surface area is 192 Å². The number of carbonyl (C=O) groups is 1. The maximum Gasteiger partial charge on any atom is 0.262 e. The maximum atomic E-state index is 13.2. The Bertz CT molecular complexity index is 1170. The van der Waals surface area contributed by atoms with Crippen LogP contribution in [0.3, 0.4) is 0 Å². The van der Waals surface area contributed by atoms with Gasteiger partial charge in [-0.25, -0.2) is 4.98 Å². The molecule has 1 saturated carbocycles. The van der Waals surface area contributed by atoms with Gasteiger partial charge in [-0.2, -0.15) is 0 Å². The molecule has 1 aromatic heterocycles. The van der Waals surface area contributed by atoms with E-state index in [0.717, 1.165) is 25.7 Å². The van der Waals surface area contributed by atoms with Crippen molar-refractivity contribution in [2.45, 2.75) is 56.1 Å². The largest absolute Gasteiger partial charge is 0.383 e. The first-order valence-electron chi connectivity index (χ1n) is 11.1. The summed E-state index contributed by atoms with van der Waals surface area (Å²) in [6.45, 7) is 2.92. The first-order chi connectivity index (χ1) is 15.5. The molecule has 4 rings (SSSR count). The third-order valence-corrected chi connectivity index (χ3v) is 6.89. The molecule has 0 saturated heterocycles. The lowest BCUT2D eigenvalue weighted by molar-refractivity contribution is 0.0938. The number of nitrogens with one attached hydrogen (secondary N) is 1. The highest BCUT2D eigenvalue weighted by Gasteiger charge is 2.19. The standard InChI is InChI=1S/C25H29N3O3S/c1-17-6-5-7-18(14-17)16-32-25-27-22-15-19(23(29)26-20-8-3-4-9-20)10-11-21(22)24(30)28(25)12-13-31-2/h5-7,10-11,14-15,20H,3-4,8-9,12-13,16H2,1-2H3,(H,26,29). The Hall–Kier alpha value is -2.64. The lowest BCUT2D eigenvalue weighted by Gasteiger charge is -2.14. The van der Waals surface area contributed by atoms with Crippen molar-refractivity contribution in [3.05, 3.63) is 69.5 Å². The van der Waals surface area contributed by atoms with E-state index in [1.54, 1.807) is 29.9 Å². The van der Waals surface area contributed by atoms with Crippen LogP contribution >= 0.6 is 11.8 Å². The maximum absolute atomic E-state index is 13.2. The summed E-state index contributed by atoms with van der Waals surface area (Å²) in [5.41, 5.74) is 3.35. The number of benzene rings is 2. The van der Waals surface area contributed by atoms with E-state index in [-0.39, 0.29) is 17.5 Å². The third kappa shape index (κ3) is 5.22. The number of hydrogen-bond donors (Lipinski definition) is 1. The number of amides is 1. The van der Waals surface area contributed by atoms with Crippen molar-refractivity contribution in [1.29, 1.82) is 0 Å². The summed E-state index contributed by atoms with van der Waals surface area (Å²) in [4.78, 5) is 30.7. The lowest BCUT2D eigenvalue weighted by atomic mass is 10.1. The van der Waals surface area contributed by atoms with Crippen molar-refractivity contribution in [2.24, 2.45) is 0 Å². The van der Waals surface area contributed by atoms with E-state index in [1.165, 1.54) is 22.9 Å². The van der Waals surface area contributed by atoms with E-state index in [4.69, 9.17) is 9.72 Å². The number of methoxy groups -OCH3 is 1. The number of nitrogens with zero attached hydrogens (tertiary/aromatic N) is 2. The number of thioether (sulfide) groups is 1. The molecule has 168 valence electrons. The number of ether oxygens (including phenoxy) is 1. The van der Waals surface area contributed by atoms with Gasteiger partial charge in [-0.3, -0.25) is 14.2 Å². The van der Waals surface area contributed by atoms with Crippen molar-refractivity contribution in [2.75, 3.05) is 13.7 Å². The van der Waals surface area contributed by atoms with Crippen LogP contribution in [0.2, 0.25) is 0 Å². The van der Waals surface area contributed by atoms with Crippen molar-refractivity contribution >= 4 is 28.6 Å². The van der Waals surface area contributed by atoms with Gasteiger partial charge < -0.3 is 10.1 Å². The molecule has 7 heteroatoms. The molecule has 1 N–H and O–H groups in total. The van der Waals surface area contributed by atoms with Crippen LogP contribution in [0.5, 0.6) is 0 Å². The number of rotatable bonds is 8. The minimum absolute atomic E-state index is 0.0990. The zero-order valence-electron chi connectivity index (χ0n) is 18.6. The Morgan fingerprint density at radius 3 is 2.78 bits per heavy atom. The fourth-order valence-electron chi connectivity index (χ4n) is 4.12. The van der Waals surface area contributed by atoms with Crippen LogP contribution in [0.15, 0.2) is 52.4 Å². The lowest BCUT2D eigenvalue weighted by Crippen LogP contribution is -2.32. The highest BCUT2D eigenvalue weighted by atomic mass is 32.2. The number of aromatic nitrogens is 2. The monoisotopic (exact) mass is 451 g/mol. The van der Waals surface area contributed by atoms with Gasteiger partial charge in [0.05, 0.1) is 24.1 Å². The fourth-order valence-corrected chi connectivity index (χ4v) is 5.09. The smallest absolute Gasteiger partial charge is 0.262 e. The van der Waals surface area contributed by atoms with Gasteiger partial charge >= 0.3 is 0 Å². The minimum atomic E-state index is -0.110. The van der Waals surface area contributed by atoms with Crippen molar-refractivity contribution < 1.29 is 9.53 Å². The zero-order chi connectivity index (χ0) is 22.5. The molecular formula is C25H29N3O3S. The molecule has 6 nitrogen and oxygen atoms in total. The Kier molecular flexibility index (Phi) is 7.27. The molecule has 0 bridgehead atoms. The second-order valence-corrected chi connectivity index (χ2v) is 9.25. The number of carbonyl (C=O) groups excluding carboxylic acids is 1. The average molecular weight is 452 g/mol. The molecule has 1 heterocycles. The minimum Gasteiger partial charge on any atom is -0.383 e. The number of hydrogen-bond acceptors (Lipinski definition) is 5. The van der Waals surface area contributed by atoms with Gasteiger partial charge in [0.1, 0.15) is 0 Å². The van der Waals surface area contributed by atoms with E-state index in [0.29, 0.717) is 40.5 Å². The Morgan fingerprint density at radius 1 is 1.22 bits per heavy atom. The average Bonchev–Trinajstić information content (AvgIpc) is 3.30. The van der Waals surface area contributed by atoms with E-state index >= 15 is 0 Å². The summed E-state index contributed by atoms with van der Waals surface area (Å²) in [7, 11) is 1.62. The SMILES string of the molecule is COCCn1c(SCc2cccc(C)c2)nc2cc(C(=O)NC3CCCC3)ccc2c1=O. The first kappa shape index (κ1) is 22.6. The van der Waals surface area contributed by atoms with Crippen LogP contribution in [0.1, 0.15) is 47.2 Å². The predicted molar refractivity (Wildman–Crippen MR) is 128 cm³/mol. The van der Waals surface area contributed by atoms with Crippen LogP contribution < -0.4 is 10.9 Å². The summed E-state index contributed by atoms with van der Waals surface area (Å²) in [5, 5.41) is 4.25. The highest BCUT2D eigenvalue weighted by Crippen LogP contribution is 2.24. The molecule has 2 aromatic carbocycles. The van der Waals surface area contributed by atoms with Gasteiger partial charge in [0.25, 0.3) is 11.5 Å². The van der Waals surface area contributed by atoms with Crippen molar-refractivity contribution in [1.82, 2.24) is 14.9 Å². The fraction of sp³-hybridized carbons (Fsp3) is 0.400. The molecule has 3 aromatic rings. The summed E-state index contributed by atoms with van der Waals surface area (Å²) < 4.78 is 6.88. The third-order valence-electron chi connectivity index (χ3n) is 5.84. The number of aryl methyl sites for hydroxylation is 1. The summed E-state index contributed by atoms with van der Waals surface area (Å²) >= 11 is 1.52. The van der Waals surface area contributed by atoms with Crippen LogP contribution in [-0.4, -0.2) is 35.2 Å². The molecule has 1 aliphatic rings. The van der Waals surface area contributed by atoms with Gasteiger partial charge in [-0.05, 0) is 43.5 Å². The zero-order valence-corrected chi connectivity index (χ0v) is 19.4. The molecule has 1 aliphatic carbocycles. The molecule has 0 atom stereocenters. The van der Waals surface area contributed by atoms with Crippen LogP contribution in [-0.2, 0) is 17.0 Å². The van der Waals surface area contributed by atoms with E-state index < -0.39 is 0 Å². The highest BCUT2D eigenvalue weighted by molar-refractivity contribution is 7.98. The Morgan fingerprint density at radius 2 is 2.03 bits per heavy atom. The summed E-state index contributed by atoms with van der Waals surface area (Å²) in [6.07, 6.45) is 4.38. The van der Waals surface area contributed by atoms with Crippen molar-refractivity contribution in [3.63, 3.8) is 0 Å². The van der Waals surface area contributed by atoms with Gasteiger partial charge in [0.2, 0.25) is 0 Å². The van der Waals surface area contributed by atoms with E-state index in [2.05, 4.69) is 30.4 Å². The molecular weight excluding hydrogens is 422 g/mol. The summed E-state index contributed by atoms with van der Waals surface area (Å²) in [6, 6.07) is 13.7. The van der Waals surface area contributed by atoms with Gasteiger partial charge in [-0.15, -0.1) is 0 Å². The molecule has 0 unspecified atom stereocenters. The van der Waals surface area contributed by atoms with Crippen LogP contribution in [0.4, 0.5) is 0 Å². The molecule has 1 amide bonds. The van der Waals surface area contributed by atoms with Crippen LogP contribution in [0, 0.1) is 6.92 Å². The second kappa shape index (κ2) is 10.3. The molecule has 0 aliphatic heterocycles. The predicted octanol–water partition coefficient (Wildman–Crippen LogP) is 4.32. The van der Waals surface area contributed by atoms with Gasteiger partial charge in [0, 0.05) is 24.5 Å². The normalized spacial score (nSPS) is 14.2. The number of fused-ring (bicyclic) bond motifs is 1. The van der Waals surface area contributed by atoms with E-state index in [9.17, 15) is 9.59 Å². The van der Waals surface area contributed by atoms with Gasteiger partial charge in [0.15, 0.2) is 5.16 Å². The molecule has 0 spiro atoms. The quantitative estimate of drug-likeness (QED) is 0.408. The van der Waals surface area contributed by atoms with E-state index in [1.807, 2.05) is 6.07 Å². The second-order valence-electron chi connectivity index (χ2n) is 8.31. The van der Waals surface area contributed by atoms with Gasteiger partial charge in [-0.1, -0.05) is 54.4 Å².